The lowest BCUT2D eigenvalue weighted by molar-refractivity contribution is -0.0324. The summed E-state index contributed by atoms with van der Waals surface area (Å²) in [6.45, 7) is 5.84. The van der Waals surface area contributed by atoms with Crippen LogP contribution >= 0.6 is 0 Å². The Hall–Kier alpha value is -1.39. The molecule has 18 heavy (non-hydrogen) atoms. The predicted molar refractivity (Wildman–Crippen MR) is 71.7 cm³/mol. The third kappa shape index (κ3) is 1.64. The van der Waals surface area contributed by atoms with Crippen molar-refractivity contribution in [3.8, 4) is 0 Å². The van der Waals surface area contributed by atoms with Gasteiger partial charge in [-0.25, -0.2) is 0 Å². The van der Waals surface area contributed by atoms with Crippen molar-refractivity contribution in [1.29, 1.82) is 0 Å². The van der Waals surface area contributed by atoms with Crippen LogP contribution in [0.1, 0.15) is 25.6 Å². The van der Waals surface area contributed by atoms with Crippen molar-refractivity contribution >= 4 is 10.9 Å². The minimum Gasteiger partial charge on any atom is -0.368 e. The number of likely N-dealkylation sites (N-methyl/N-ethyl adjacent to an activating group) is 1. The summed E-state index contributed by atoms with van der Waals surface area (Å²) in [6, 6.07) is 8.28. The first kappa shape index (κ1) is 11.7. The smallest absolute Gasteiger partial charge is 0.112 e. The molecule has 0 aliphatic carbocycles. The molecule has 1 aromatic carbocycles. The van der Waals surface area contributed by atoms with Crippen molar-refractivity contribution in [2.45, 2.75) is 25.5 Å². The van der Waals surface area contributed by atoms with E-state index in [0.29, 0.717) is 6.61 Å². The molecule has 0 unspecified atom stereocenters. The summed E-state index contributed by atoms with van der Waals surface area (Å²) in [5, 5.41) is 9.14. The molecule has 4 heteroatoms. The van der Waals surface area contributed by atoms with Gasteiger partial charge in [0.1, 0.15) is 6.10 Å². The van der Waals surface area contributed by atoms with Gasteiger partial charge in [-0.05, 0) is 27.0 Å². The molecule has 1 aromatic heterocycles. The van der Waals surface area contributed by atoms with Gasteiger partial charge in [0.15, 0.2) is 0 Å². The average Bonchev–Trinajstić information content (AvgIpc) is 2.74. The highest BCUT2D eigenvalue weighted by molar-refractivity contribution is 5.82. The number of aromatic nitrogens is 2. The molecule has 1 aliphatic heterocycles. The van der Waals surface area contributed by atoms with Gasteiger partial charge in [-0.15, -0.1) is 0 Å². The molecule has 0 spiro atoms. The fraction of sp³-hybridized carbons (Fsp3) is 0.500. The lowest BCUT2D eigenvalue weighted by Crippen LogP contribution is -2.41. The average molecular weight is 245 g/mol. The summed E-state index contributed by atoms with van der Waals surface area (Å²) < 4.78 is 8.15. The van der Waals surface area contributed by atoms with Gasteiger partial charge in [0.25, 0.3) is 0 Å². The Morgan fingerprint density at radius 3 is 3.00 bits per heavy atom. The van der Waals surface area contributed by atoms with E-state index in [2.05, 4.69) is 42.0 Å². The number of nitrogens with one attached hydrogen (secondary N) is 1. The summed E-state index contributed by atoms with van der Waals surface area (Å²) in [5.41, 5.74) is 2.15. The number of hydrogen-bond donors (Lipinski definition) is 1. The molecule has 0 saturated heterocycles. The molecule has 0 amide bonds. The van der Waals surface area contributed by atoms with Crippen LogP contribution in [0.4, 0.5) is 0 Å². The van der Waals surface area contributed by atoms with Gasteiger partial charge in [-0.2, -0.15) is 5.10 Å². The van der Waals surface area contributed by atoms with Gasteiger partial charge in [-0.3, -0.25) is 4.68 Å². The van der Waals surface area contributed by atoms with Crippen LogP contribution in [0.15, 0.2) is 24.3 Å². The van der Waals surface area contributed by atoms with Gasteiger partial charge in [0.2, 0.25) is 0 Å². The Morgan fingerprint density at radius 1 is 1.44 bits per heavy atom. The maximum Gasteiger partial charge on any atom is 0.112 e. The molecule has 2 aromatic rings. The third-order valence-electron chi connectivity index (χ3n) is 3.52. The van der Waals surface area contributed by atoms with Crippen LogP contribution in [0.2, 0.25) is 0 Å². The molecule has 1 aliphatic rings. The largest absolute Gasteiger partial charge is 0.368 e. The summed E-state index contributed by atoms with van der Waals surface area (Å²) in [5.74, 6) is 0. The Bertz CT molecular complexity index is 573. The lowest BCUT2D eigenvalue weighted by atomic mass is 10.0. The number of fused-ring (bicyclic) bond motifs is 3. The minimum absolute atomic E-state index is 0.0791. The van der Waals surface area contributed by atoms with Crippen LogP contribution in [-0.4, -0.2) is 30.0 Å². The van der Waals surface area contributed by atoms with Crippen LogP contribution < -0.4 is 5.32 Å². The van der Waals surface area contributed by atoms with Gasteiger partial charge in [-0.1, -0.05) is 18.2 Å². The van der Waals surface area contributed by atoms with E-state index in [0.717, 1.165) is 12.1 Å². The van der Waals surface area contributed by atoms with Crippen LogP contribution in [-0.2, 0) is 10.3 Å². The summed E-state index contributed by atoms with van der Waals surface area (Å²) >= 11 is 0. The van der Waals surface area contributed by atoms with E-state index in [9.17, 15) is 0 Å². The van der Waals surface area contributed by atoms with Gasteiger partial charge in [0, 0.05) is 11.9 Å². The molecule has 0 bridgehead atoms. The molecule has 2 heterocycles. The second-order valence-corrected chi connectivity index (χ2v) is 5.48. The summed E-state index contributed by atoms with van der Waals surface area (Å²) in [7, 11) is 1.95. The summed E-state index contributed by atoms with van der Waals surface area (Å²) in [4.78, 5) is 0. The number of ether oxygens (including phenoxy) is 1. The van der Waals surface area contributed by atoms with E-state index in [-0.39, 0.29) is 11.6 Å². The fourth-order valence-electron chi connectivity index (χ4n) is 2.61. The number of hydrogen-bond acceptors (Lipinski definition) is 3. The van der Waals surface area contributed by atoms with Gasteiger partial charge in [0.05, 0.1) is 23.4 Å². The van der Waals surface area contributed by atoms with Crippen LogP contribution in [0.25, 0.3) is 10.9 Å². The normalized spacial score (nSPS) is 22.1. The molecule has 1 atom stereocenters. The standard InChI is InChI=1S/C14H19N3O/c1-14(2)9-18-12(8-15-3)13-10-6-4-5-7-11(10)16-17(13)14/h4-7,12,15H,8-9H2,1-3H3/t12-/m1/s1. The van der Waals surface area contributed by atoms with E-state index < -0.39 is 0 Å². The molecule has 0 fully saturated rings. The van der Waals surface area contributed by atoms with Crippen LogP contribution in [0, 0.1) is 0 Å². The number of rotatable bonds is 2. The van der Waals surface area contributed by atoms with E-state index in [4.69, 9.17) is 9.84 Å². The third-order valence-corrected chi connectivity index (χ3v) is 3.52. The highest BCUT2D eigenvalue weighted by atomic mass is 16.5. The van der Waals surface area contributed by atoms with Crippen LogP contribution in [0.3, 0.4) is 0 Å². The highest BCUT2D eigenvalue weighted by Crippen LogP contribution is 2.35. The molecule has 0 saturated carbocycles. The van der Waals surface area contributed by atoms with Crippen molar-refractivity contribution in [3.63, 3.8) is 0 Å². The van der Waals surface area contributed by atoms with Gasteiger partial charge >= 0.3 is 0 Å². The molecule has 3 rings (SSSR count). The Balaban J connectivity index is 2.23. The molecule has 4 nitrogen and oxygen atoms in total. The second kappa shape index (κ2) is 4.07. The first-order valence-corrected chi connectivity index (χ1v) is 6.38. The molecule has 96 valence electrons. The lowest BCUT2D eigenvalue weighted by Gasteiger charge is -2.36. The van der Waals surface area contributed by atoms with E-state index in [1.807, 2.05) is 13.1 Å². The minimum atomic E-state index is -0.0847. The Morgan fingerprint density at radius 2 is 2.22 bits per heavy atom. The number of nitrogens with zero attached hydrogens (tertiary/aromatic N) is 2. The Labute approximate surface area is 107 Å². The van der Waals surface area contributed by atoms with Crippen molar-refractivity contribution in [3.05, 3.63) is 30.0 Å². The molecule has 1 N–H and O–H groups in total. The molecular weight excluding hydrogens is 226 g/mol. The van der Waals surface area contributed by atoms with Crippen molar-refractivity contribution in [1.82, 2.24) is 15.1 Å². The summed E-state index contributed by atoms with van der Waals surface area (Å²) in [6.07, 6.45) is 0.0791. The quantitative estimate of drug-likeness (QED) is 0.880. The first-order chi connectivity index (χ1) is 8.63. The van der Waals surface area contributed by atoms with E-state index in [1.165, 1.54) is 11.1 Å². The van der Waals surface area contributed by atoms with E-state index >= 15 is 0 Å². The highest BCUT2D eigenvalue weighted by Gasteiger charge is 2.35. The maximum atomic E-state index is 6.00. The van der Waals surface area contributed by atoms with Crippen molar-refractivity contribution in [2.24, 2.45) is 0 Å². The number of benzene rings is 1. The molecular formula is C14H19N3O. The SMILES string of the molecule is CNC[C@H]1OCC(C)(C)n2nc3ccccc3c21. The monoisotopic (exact) mass is 245 g/mol. The second-order valence-electron chi connectivity index (χ2n) is 5.48. The van der Waals surface area contributed by atoms with Crippen molar-refractivity contribution < 1.29 is 4.74 Å². The first-order valence-electron chi connectivity index (χ1n) is 6.38. The maximum absolute atomic E-state index is 6.00. The van der Waals surface area contributed by atoms with Crippen LogP contribution in [0.5, 0.6) is 0 Å². The topological polar surface area (TPSA) is 39.1 Å². The van der Waals surface area contributed by atoms with Gasteiger partial charge < -0.3 is 10.1 Å². The van der Waals surface area contributed by atoms with E-state index in [1.54, 1.807) is 0 Å². The zero-order valence-corrected chi connectivity index (χ0v) is 11.1. The fourth-order valence-corrected chi connectivity index (χ4v) is 2.61. The molecule has 0 radical (unpaired) electrons. The van der Waals surface area contributed by atoms with Crippen molar-refractivity contribution in [2.75, 3.05) is 20.2 Å². The Kier molecular flexibility index (Phi) is 2.64. The zero-order chi connectivity index (χ0) is 12.8. The predicted octanol–water partition coefficient (Wildman–Crippen LogP) is 2.06. The zero-order valence-electron chi connectivity index (χ0n) is 11.1.